The van der Waals surface area contributed by atoms with Gasteiger partial charge in [0.2, 0.25) is 0 Å². The summed E-state index contributed by atoms with van der Waals surface area (Å²) in [5.74, 6) is -0.0435. The second-order valence-electron chi connectivity index (χ2n) is 3.45. The van der Waals surface area contributed by atoms with Crippen LogP contribution in [0.2, 0.25) is 0 Å². The van der Waals surface area contributed by atoms with Crippen LogP contribution in [-0.2, 0) is 0 Å². The summed E-state index contributed by atoms with van der Waals surface area (Å²) >= 11 is 3.75. The summed E-state index contributed by atoms with van der Waals surface area (Å²) in [6.07, 6.45) is -0.353. The van der Waals surface area contributed by atoms with Crippen molar-refractivity contribution in [2.45, 2.75) is 13.0 Å². The zero-order valence-corrected chi connectivity index (χ0v) is 12.0. The van der Waals surface area contributed by atoms with Crippen LogP contribution in [-0.4, -0.2) is 36.8 Å². The fourth-order valence-electron chi connectivity index (χ4n) is 1.11. The van der Waals surface area contributed by atoms with E-state index in [2.05, 4.69) is 33.2 Å². The number of hydrogen-bond donors (Lipinski definition) is 3. The minimum Gasteiger partial charge on any atom is -0.392 e. The van der Waals surface area contributed by atoms with Crippen LogP contribution in [0.5, 0.6) is 0 Å². The van der Waals surface area contributed by atoms with Gasteiger partial charge in [-0.15, -0.1) is 11.3 Å². The van der Waals surface area contributed by atoms with Gasteiger partial charge in [-0.3, -0.25) is 4.79 Å². The molecule has 0 radical (unpaired) electrons. The van der Waals surface area contributed by atoms with Gasteiger partial charge in [0.25, 0.3) is 5.91 Å². The van der Waals surface area contributed by atoms with Gasteiger partial charge in [-0.1, -0.05) is 0 Å². The number of carbonyl (C=O) groups is 1. The zero-order valence-electron chi connectivity index (χ0n) is 9.00. The maximum Gasteiger partial charge on any atom is 0.252 e. The van der Waals surface area contributed by atoms with Crippen molar-refractivity contribution in [3.05, 3.63) is 19.9 Å². The van der Waals surface area contributed by atoms with Crippen LogP contribution in [0.3, 0.4) is 0 Å². The lowest BCUT2D eigenvalue weighted by Crippen LogP contribution is -2.34. The molecular weight excluding hydrogens is 339 g/mol. The summed E-state index contributed by atoms with van der Waals surface area (Å²) in [6.45, 7) is 3.50. The van der Waals surface area contributed by atoms with E-state index >= 15 is 0 Å². The molecule has 0 aliphatic carbocycles. The van der Waals surface area contributed by atoms with Crippen molar-refractivity contribution in [1.29, 1.82) is 0 Å². The van der Waals surface area contributed by atoms with Gasteiger partial charge >= 0.3 is 0 Å². The van der Waals surface area contributed by atoms with E-state index in [1.165, 1.54) is 0 Å². The molecule has 0 aliphatic heterocycles. The number of halogens is 1. The van der Waals surface area contributed by atoms with E-state index in [1.54, 1.807) is 18.3 Å². The van der Waals surface area contributed by atoms with Crippen LogP contribution in [0.1, 0.15) is 17.3 Å². The van der Waals surface area contributed by atoms with Crippen molar-refractivity contribution >= 4 is 39.8 Å². The zero-order chi connectivity index (χ0) is 12.0. The molecule has 16 heavy (non-hydrogen) atoms. The number of aliphatic hydroxyl groups is 1. The lowest BCUT2D eigenvalue weighted by Gasteiger charge is -2.07. The van der Waals surface area contributed by atoms with Gasteiger partial charge in [0.15, 0.2) is 0 Å². The first-order valence-corrected chi connectivity index (χ1v) is 6.96. The van der Waals surface area contributed by atoms with Crippen LogP contribution in [0, 0.1) is 2.88 Å². The molecule has 1 amide bonds. The molecule has 1 aromatic heterocycles. The Kier molecular flexibility index (Phi) is 6.25. The van der Waals surface area contributed by atoms with E-state index in [-0.39, 0.29) is 12.0 Å². The van der Waals surface area contributed by atoms with E-state index in [1.807, 2.05) is 11.4 Å². The van der Waals surface area contributed by atoms with E-state index in [0.29, 0.717) is 25.2 Å². The predicted molar refractivity (Wildman–Crippen MR) is 73.9 cm³/mol. The fourth-order valence-corrected chi connectivity index (χ4v) is 2.43. The molecule has 1 rings (SSSR count). The summed E-state index contributed by atoms with van der Waals surface area (Å²) in [5.41, 5.74) is 0.713. The minimum absolute atomic E-state index is 0.0435. The third-order valence-electron chi connectivity index (χ3n) is 1.86. The van der Waals surface area contributed by atoms with Crippen molar-refractivity contribution in [1.82, 2.24) is 10.6 Å². The van der Waals surface area contributed by atoms with Gasteiger partial charge in [-0.2, -0.15) is 0 Å². The second-order valence-corrected chi connectivity index (χ2v) is 6.25. The Balaban J connectivity index is 2.16. The number of nitrogens with one attached hydrogen (secondary N) is 2. The molecule has 0 saturated carbocycles. The third kappa shape index (κ3) is 5.24. The van der Waals surface area contributed by atoms with E-state index in [0.717, 1.165) is 2.88 Å². The maximum atomic E-state index is 11.6. The van der Waals surface area contributed by atoms with Crippen molar-refractivity contribution in [2.75, 3.05) is 19.6 Å². The van der Waals surface area contributed by atoms with Crippen molar-refractivity contribution in [3.63, 3.8) is 0 Å². The Morgan fingerprint density at radius 1 is 1.62 bits per heavy atom. The molecule has 1 unspecified atom stereocenters. The Labute approximate surface area is 113 Å². The second kappa shape index (κ2) is 7.21. The highest BCUT2D eigenvalue weighted by atomic mass is 127. The average molecular weight is 354 g/mol. The largest absolute Gasteiger partial charge is 0.392 e. The minimum atomic E-state index is -0.353. The first kappa shape index (κ1) is 13.9. The summed E-state index contributed by atoms with van der Waals surface area (Å²) < 4.78 is 1.11. The maximum absolute atomic E-state index is 11.6. The van der Waals surface area contributed by atoms with Gasteiger partial charge < -0.3 is 15.7 Å². The standard InChI is InChI=1S/C10H15IN2O2S/c1-7(14)5-12-2-3-13-10(15)8-4-9(11)16-6-8/h4,6-7,12,14H,2-3,5H2,1H3,(H,13,15). The number of hydrogen-bond acceptors (Lipinski definition) is 4. The molecule has 0 spiro atoms. The molecular formula is C10H15IN2O2S. The van der Waals surface area contributed by atoms with E-state index < -0.39 is 0 Å². The molecule has 0 fully saturated rings. The average Bonchev–Trinajstić information content (AvgIpc) is 2.63. The van der Waals surface area contributed by atoms with Gasteiger partial charge in [0.05, 0.1) is 14.6 Å². The number of amides is 1. The molecule has 3 N–H and O–H groups in total. The van der Waals surface area contributed by atoms with Crippen molar-refractivity contribution in [3.8, 4) is 0 Å². The van der Waals surface area contributed by atoms with Gasteiger partial charge in [0.1, 0.15) is 0 Å². The van der Waals surface area contributed by atoms with Crippen LogP contribution in [0.25, 0.3) is 0 Å². The molecule has 0 aliphatic rings. The summed E-state index contributed by atoms with van der Waals surface area (Å²) in [4.78, 5) is 11.6. The SMILES string of the molecule is CC(O)CNCCNC(=O)c1csc(I)c1. The molecule has 0 bridgehead atoms. The van der Waals surface area contributed by atoms with Crippen LogP contribution < -0.4 is 10.6 Å². The summed E-state index contributed by atoms with van der Waals surface area (Å²) in [7, 11) is 0. The quantitative estimate of drug-likeness (QED) is 0.529. The Hall–Kier alpha value is -0.180. The normalized spacial score (nSPS) is 12.4. The molecule has 6 heteroatoms. The summed E-state index contributed by atoms with van der Waals surface area (Å²) in [6, 6.07) is 1.86. The van der Waals surface area contributed by atoms with Crippen LogP contribution in [0.15, 0.2) is 11.4 Å². The number of thiophene rings is 1. The van der Waals surface area contributed by atoms with Gasteiger partial charge in [-0.05, 0) is 35.6 Å². The summed E-state index contributed by atoms with van der Waals surface area (Å²) in [5, 5.41) is 16.7. The van der Waals surface area contributed by atoms with Crippen LogP contribution in [0.4, 0.5) is 0 Å². The van der Waals surface area contributed by atoms with Gasteiger partial charge in [0, 0.05) is 25.0 Å². The third-order valence-corrected chi connectivity index (χ3v) is 3.65. The van der Waals surface area contributed by atoms with Crippen molar-refractivity contribution < 1.29 is 9.90 Å². The molecule has 1 atom stereocenters. The molecule has 1 heterocycles. The highest BCUT2D eigenvalue weighted by Crippen LogP contribution is 2.16. The predicted octanol–water partition coefficient (Wildman–Crippen LogP) is 1.05. The number of carbonyl (C=O) groups excluding carboxylic acids is 1. The smallest absolute Gasteiger partial charge is 0.252 e. The Morgan fingerprint density at radius 3 is 2.94 bits per heavy atom. The molecule has 0 aromatic carbocycles. The van der Waals surface area contributed by atoms with Crippen LogP contribution >= 0.6 is 33.9 Å². The lowest BCUT2D eigenvalue weighted by atomic mass is 10.3. The molecule has 4 nitrogen and oxygen atoms in total. The van der Waals surface area contributed by atoms with Gasteiger partial charge in [-0.25, -0.2) is 0 Å². The van der Waals surface area contributed by atoms with E-state index in [9.17, 15) is 4.79 Å². The van der Waals surface area contributed by atoms with Crippen molar-refractivity contribution in [2.24, 2.45) is 0 Å². The molecule has 0 saturated heterocycles. The molecule has 90 valence electrons. The fraction of sp³-hybridized carbons (Fsp3) is 0.500. The topological polar surface area (TPSA) is 61.4 Å². The highest BCUT2D eigenvalue weighted by molar-refractivity contribution is 14.1. The first-order chi connectivity index (χ1) is 7.59. The number of aliphatic hydroxyl groups excluding tert-OH is 1. The monoisotopic (exact) mass is 354 g/mol. The lowest BCUT2D eigenvalue weighted by molar-refractivity contribution is 0.0954. The molecule has 1 aromatic rings. The van der Waals surface area contributed by atoms with E-state index in [4.69, 9.17) is 5.11 Å². The highest BCUT2D eigenvalue weighted by Gasteiger charge is 2.06. The number of rotatable bonds is 6. The Bertz CT molecular complexity index is 341. The first-order valence-electron chi connectivity index (χ1n) is 5.00. The Morgan fingerprint density at radius 2 is 2.38 bits per heavy atom.